The van der Waals surface area contributed by atoms with Crippen molar-refractivity contribution in [2.24, 2.45) is 0 Å². The average Bonchev–Trinajstić information content (AvgIpc) is 2.90. The monoisotopic (exact) mass is 293 g/mol. The third-order valence-corrected chi connectivity index (χ3v) is 4.01. The van der Waals surface area contributed by atoms with E-state index in [1.807, 2.05) is 48.5 Å². The van der Waals surface area contributed by atoms with Crippen molar-refractivity contribution in [3.63, 3.8) is 0 Å². The lowest BCUT2D eigenvalue weighted by atomic mass is 10.3. The number of hydrogen-bond donors (Lipinski definition) is 2. The first kappa shape index (κ1) is 12.2. The number of benzene rings is 2. The zero-order valence-electron chi connectivity index (χ0n) is 10.9. The Balaban J connectivity index is 1.77. The minimum atomic E-state index is 0.416. The number of aromatic amines is 1. The number of fused-ring (bicyclic) bond motifs is 2. The number of nitrogens with two attached hydrogens (primary N) is 1. The molecule has 6 heteroatoms. The molecule has 0 radical (unpaired) electrons. The quantitative estimate of drug-likeness (QED) is 0.593. The summed E-state index contributed by atoms with van der Waals surface area (Å²) in [5, 5.41) is 1.42. The number of hydrogen-bond acceptors (Lipinski definition) is 5. The molecular weight excluding hydrogens is 282 g/mol. The van der Waals surface area contributed by atoms with Crippen molar-refractivity contribution < 1.29 is 0 Å². The second kappa shape index (κ2) is 4.75. The zero-order chi connectivity index (χ0) is 14.2. The van der Waals surface area contributed by atoms with Crippen LogP contribution in [0.25, 0.3) is 22.1 Å². The van der Waals surface area contributed by atoms with E-state index in [0.717, 1.165) is 27.2 Å². The smallest absolute Gasteiger partial charge is 0.172 e. The van der Waals surface area contributed by atoms with Crippen molar-refractivity contribution in [2.45, 2.75) is 10.2 Å². The third-order valence-electron chi connectivity index (χ3n) is 3.12. The first-order valence-corrected chi connectivity index (χ1v) is 7.26. The number of H-pyrrole nitrogens is 1. The number of para-hydroxylation sites is 4. The van der Waals surface area contributed by atoms with Gasteiger partial charge in [-0.15, -0.1) is 0 Å². The third kappa shape index (κ3) is 2.19. The molecule has 4 aromatic rings. The van der Waals surface area contributed by atoms with Gasteiger partial charge in [0.2, 0.25) is 0 Å². The summed E-state index contributed by atoms with van der Waals surface area (Å²) in [4.78, 5) is 16.7. The summed E-state index contributed by atoms with van der Waals surface area (Å²) in [6.07, 6.45) is 0. The maximum atomic E-state index is 5.99. The van der Waals surface area contributed by atoms with Crippen LogP contribution in [0.3, 0.4) is 0 Å². The molecule has 0 saturated carbocycles. The molecule has 0 unspecified atom stereocenters. The van der Waals surface area contributed by atoms with Gasteiger partial charge in [-0.3, -0.25) is 0 Å². The lowest BCUT2D eigenvalue weighted by Gasteiger charge is -2.03. The van der Waals surface area contributed by atoms with Crippen molar-refractivity contribution in [3.8, 4) is 0 Å². The van der Waals surface area contributed by atoms with Gasteiger partial charge in [0.05, 0.1) is 22.1 Å². The number of nitrogens with one attached hydrogen (secondary N) is 1. The fourth-order valence-corrected chi connectivity index (χ4v) is 2.92. The van der Waals surface area contributed by atoms with Crippen molar-refractivity contribution in [3.05, 3.63) is 48.5 Å². The Morgan fingerprint density at radius 1 is 0.810 bits per heavy atom. The maximum Gasteiger partial charge on any atom is 0.172 e. The molecule has 0 fully saturated rings. The summed E-state index contributed by atoms with van der Waals surface area (Å²) in [5.74, 6) is 0.416. The summed E-state index contributed by atoms with van der Waals surface area (Å²) >= 11 is 1.39. The molecule has 0 spiro atoms. The molecular formula is C15H11N5S. The summed E-state index contributed by atoms with van der Waals surface area (Å²) in [6, 6.07) is 15.6. The highest BCUT2D eigenvalue weighted by atomic mass is 32.2. The minimum absolute atomic E-state index is 0.416. The normalized spacial score (nSPS) is 11.2. The highest BCUT2D eigenvalue weighted by molar-refractivity contribution is 7.99. The van der Waals surface area contributed by atoms with Crippen molar-refractivity contribution in [2.75, 3.05) is 5.73 Å². The molecule has 0 bridgehead atoms. The van der Waals surface area contributed by atoms with Crippen LogP contribution in [0.5, 0.6) is 0 Å². The predicted molar refractivity (Wildman–Crippen MR) is 84.2 cm³/mol. The second-order valence-corrected chi connectivity index (χ2v) is 5.54. The van der Waals surface area contributed by atoms with Crippen LogP contribution in [-0.4, -0.2) is 19.9 Å². The summed E-state index contributed by atoms with van der Waals surface area (Å²) in [6.45, 7) is 0. The Hall–Kier alpha value is -2.60. The average molecular weight is 293 g/mol. The zero-order valence-corrected chi connectivity index (χ0v) is 11.8. The molecule has 21 heavy (non-hydrogen) atoms. The van der Waals surface area contributed by atoms with Crippen LogP contribution >= 0.6 is 11.8 Å². The molecule has 0 aliphatic rings. The molecule has 3 N–H and O–H groups in total. The summed E-state index contributed by atoms with van der Waals surface area (Å²) < 4.78 is 0. The molecule has 0 amide bonds. The lowest BCUT2D eigenvalue weighted by molar-refractivity contribution is 1.06. The maximum absolute atomic E-state index is 5.99. The number of nitrogens with zero attached hydrogens (tertiary/aromatic N) is 3. The van der Waals surface area contributed by atoms with Gasteiger partial charge in [0.25, 0.3) is 0 Å². The molecule has 102 valence electrons. The van der Waals surface area contributed by atoms with E-state index in [-0.39, 0.29) is 0 Å². The van der Waals surface area contributed by atoms with Crippen molar-refractivity contribution in [1.29, 1.82) is 0 Å². The topological polar surface area (TPSA) is 80.5 Å². The first-order valence-electron chi connectivity index (χ1n) is 6.44. The highest BCUT2D eigenvalue weighted by Gasteiger charge is 2.10. The number of nitrogen functional groups attached to an aromatic ring is 1. The van der Waals surface area contributed by atoms with E-state index in [0.29, 0.717) is 10.8 Å². The highest BCUT2D eigenvalue weighted by Crippen LogP contribution is 2.30. The lowest BCUT2D eigenvalue weighted by Crippen LogP contribution is -1.97. The Bertz CT molecular complexity index is 914. The fourth-order valence-electron chi connectivity index (χ4n) is 2.14. The van der Waals surface area contributed by atoms with E-state index in [1.165, 1.54) is 11.8 Å². The van der Waals surface area contributed by atoms with Gasteiger partial charge in [-0.2, -0.15) is 0 Å². The second-order valence-electron chi connectivity index (χ2n) is 4.56. The molecule has 4 rings (SSSR count). The molecule has 0 aliphatic carbocycles. The van der Waals surface area contributed by atoms with E-state index < -0.39 is 0 Å². The van der Waals surface area contributed by atoms with Crippen molar-refractivity contribution in [1.82, 2.24) is 19.9 Å². The van der Waals surface area contributed by atoms with E-state index in [4.69, 9.17) is 5.73 Å². The van der Waals surface area contributed by atoms with E-state index >= 15 is 0 Å². The summed E-state index contributed by atoms with van der Waals surface area (Å²) in [5.41, 5.74) is 9.53. The van der Waals surface area contributed by atoms with Gasteiger partial charge in [-0.25, -0.2) is 15.0 Å². The Morgan fingerprint density at radius 3 is 2.24 bits per heavy atom. The molecule has 0 atom stereocenters. The molecule has 0 aliphatic heterocycles. The van der Waals surface area contributed by atoms with Crippen LogP contribution in [0.2, 0.25) is 0 Å². The van der Waals surface area contributed by atoms with Gasteiger partial charge in [0.1, 0.15) is 5.03 Å². The van der Waals surface area contributed by atoms with Crippen LogP contribution in [0.1, 0.15) is 0 Å². The Labute approximate surface area is 124 Å². The largest absolute Gasteiger partial charge is 0.381 e. The number of imidazole rings is 1. The molecule has 2 aromatic carbocycles. The van der Waals surface area contributed by atoms with Crippen LogP contribution in [-0.2, 0) is 0 Å². The van der Waals surface area contributed by atoms with Crippen LogP contribution < -0.4 is 5.73 Å². The predicted octanol–water partition coefficient (Wildman–Crippen LogP) is 3.24. The van der Waals surface area contributed by atoms with Crippen LogP contribution in [0.4, 0.5) is 5.82 Å². The molecule has 2 aromatic heterocycles. The first-order chi connectivity index (χ1) is 10.3. The van der Waals surface area contributed by atoms with E-state index in [2.05, 4.69) is 19.9 Å². The standard InChI is InChI=1S/C15H11N5S/c16-13-14(18-10-6-2-1-5-9(10)17-13)21-15-19-11-7-3-4-8-12(11)20-15/h1-8H,(H2,16,17)(H,19,20). The summed E-state index contributed by atoms with van der Waals surface area (Å²) in [7, 11) is 0. The van der Waals surface area contributed by atoms with E-state index in [9.17, 15) is 0 Å². The van der Waals surface area contributed by atoms with E-state index in [1.54, 1.807) is 0 Å². The molecule has 5 nitrogen and oxygen atoms in total. The SMILES string of the molecule is Nc1nc2ccccc2nc1Sc1nc2ccccc2[nH]1. The molecule has 2 heterocycles. The van der Waals surface area contributed by atoms with Gasteiger partial charge < -0.3 is 10.7 Å². The van der Waals surface area contributed by atoms with Gasteiger partial charge in [0, 0.05) is 0 Å². The van der Waals surface area contributed by atoms with Crippen LogP contribution in [0, 0.1) is 0 Å². The number of anilines is 1. The fraction of sp³-hybridized carbons (Fsp3) is 0. The Kier molecular flexibility index (Phi) is 2.75. The van der Waals surface area contributed by atoms with Gasteiger partial charge in [-0.05, 0) is 36.0 Å². The molecule has 0 saturated heterocycles. The van der Waals surface area contributed by atoms with Gasteiger partial charge in [-0.1, -0.05) is 24.3 Å². The van der Waals surface area contributed by atoms with Crippen LogP contribution in [0.15, 0.2) is 58.7 Å². The Morgan fingerprint density at radius 2 is 1.48 bits per heavy atom. The minimum Gasteiger partial charge on any atom is -0.381 e. The number of aromatic nitrogens is 4. The number of rotatable bonds is 2. The van der Waals surface area contributed by atoms with Gasteiger partial charge >= 0.3 is 0 Å². The van der Waals surface area contributed by atoms with Crippen molar-refractivity contribution >= 4 is 39.6 Å². The van der Waals surface area contributed by atoms with Gasteiger partial charge in [0.15, 0.2) is 11.0 Å².